The molecule has 3 heterocycles. The van der Waals surface area contributed by atoms with Gasteiger partial charge in [0, 0.05) is 32.0 Å². The second-order valence-electron chi connectivity index (χ2n) is 7.90. The number of carbonyl (C=O) groups is 2. The zero-order valence-corrected chi connectivity index (χ0v) is 15.6. The minimum Gasteiger partial charge on any atom is -0.353 e. The van der Waals surface area contributed by atoms with Crippen LogP contribution in [-0.4, -0.2) is 58.9 Å². The predicted molar refractivity (Wildman–Crippen MR) is 97.7 cm³/mol. The van der Waals surface area contributed by atoms with E-state index in [0.717, 1.165) is 36.7 Å². The van der Waals surface area contributed by atoms with E-state index in [1.165, 1.54) is 12.8 Å². The first-order valence-corrected chi connectivity index (χ1v) is 9.63. The van der Waals surface area contributed by atoms with Crippen molar-refractivity contribution in [3.8, 4) is 0 Å². The van der Waals surface area contributed by atoms with Crippen molar-refractivity contribution in [1.82, 2.24) is 20.2 Å². The molecule has 1 aliphatic carbocycles. The van der Waals surface area contributed by atoms with Crippen LogP contribution in [0, 0.1) is 25.7 Å². The Bertz CT molecular complexity index is 718. The highest BCUT2D eigenvalue weighted by atomic mass is 16.2. The summed E-state index contributed by atoms with van der Waals surface area (Å²) in [6.45, 7) is 6.51. The lowest BCUT2D eigenvalue weighted by Gasteiger charge is -2.21. The van der Waals surface area contributed by atoms with Crippen LogP contribution in [0.15, 0.2) is 6.20 Å². The van der Waals surface area contributed by atoms with Gasteiger partial charge >= 0.3 is 0 Å². The first-order valence-electron chi connectivity index (χ1n) is 9.63. The fourth-order valence-electron chi connectivity index (χ4n) is 4.15. The standard InChI is InChI=1S/C19H27N5O2/c1-12-13(2)21-17(8-20-12)24-9-15(14-5-6-14)16(10-24)22-18(25)11-23-7-3-4-19(23)26/h8,14-16H,3-7,9-11H2,1-2H3,(H,22,25)/t15-,16+/m1/s1. The molecule has 0 spiro atoms. The normalized spacial score (nSPS) is 25.8. The first kappa shape index (κ1) is 17.2. The Hall–Kier alpha value is -2.18. The number of nitrogens with one attached hydrogen (secondary N) is 1. The fraction of sp³-hybridized carbons (Fsp3) is 0.684. The topological polar surface area (TPSA) is 78.4 Å². The van der Waals surface area contributed by atoms with Crippen LogP contribution in [0.3, 0.4) is 0 Å². The molecule has 1 aromatic rings. The number of likely N-dealkylation sites (tertiary alicyclic amines) is 1. The molecule has 1 N–H and O–H groups in total. The van der Waals surface area contributed by atoms with Crippen LogP contribution in [0.5, 0.6) is 0 Å². The molecule has 1 aromatic heterocycles. The Morgan fingerprint density at radius 2 is 2.08 bits per heavy atom. The Morgan fingerprint density at radius 3 is 2.73 bits per heavy atom. The van der Waals surface area contributed by atoms with E-state index in [4.69, 9.17) is 0 Å². The highest BCUT2D eigenvalue weighted by Crippen LogP contribution is 2.42. The molecular weight excluding hydrogens is 330 g/mol. The van der Waals surface area contributed by atoms with E-state index in [9.17, 15) is 9.59 Å². The first-order chi connectivity index (χ1) is 12.5. The van der Waals surface area contributed by atoms with Gasteiger partial charge in [-0.05, 0) is 39.0 Å². The lowest BCUT2D eigenvalue weighted by Crippen LogP contribution is -2.46. The summed E-state index contributed by atoms with van der Waals surface area (Å²) >= 11 is 0. The van der Waals surface area contributed by atoms with Crippen molar-refractivity contribution in [1.29, 1.82) is 0 Å². The number of aryl methyl sites for hydroxylation is 2. The molecule has 7 heteroatoms. The van der Waals surface area contributed by atoms with E-state index < -0.39 is 0 Å². The van der Waals surface area contributed by atoms with Gasteiger partial charge in [-0.3, -0.25) is 14.6 Å². The molecule has 1 saturated carbocycles. The van der Waals surface area contributed by atoms with Gasteiger partial charge in [-0.2, -0.15) is 0 Å². The summed E-state index contributed by atoms with van der Waals surface area (Å²) in [7, 11) is 0. The summed E-state index contributed by atoms with van der Waals surface area (Å²) in [6.07, 6.45) is 5.75. The van der Waals surface area contributed by atoms with Crippen LogP contribution in [0.4, 0.5) is 5.82 Å². The summed E-state index contributed by atoms with van der Waals surface area (Å²) in [5.41, 5.74) is 1.90. The van der Waals surface area contributed by atoms with Gasteiger partial charge in [0.2, 0.25) is 11.8 Å². The molecule has 3 fully saturated rings. The maximum atomic E-state index is 12.5. The van der Waals surface area contributed by atoms with Gasteiger partial charge < -0.3 is 15.1 Å². The summed E-state index contributed by atoms with van der Waals surface area (Å²) in [5.74, 6) is 2.10. The van der Waals surface area contributed by atoms with Crippen LogP contribution < -0.4 is 10.2 Å². The molecule has 2 aliphatic heterocycles. The van der Waals surface area contributed by atoms with Crippen LogP contribution in [0.2, 0.25) is 0 Å². The second kappa shape index (κ2) is 6.85. The number of hydrogen-bond donors (Lipinski definition) is 1. The number of carbonyl (C=O) groups excluding carboxylic acids is 2. The molecule has 2 atom stereocenters. The van der Waals surface area contributed by atoms with Crippen molar-refractivity contribution in [2.75, 3.05) is 31.1 Å². The van der Waals surface area contributed by atoms with E-state index in [2.05, 4.69) is 20.2 Å². The number of nitrogens with zero attached hydrogens (tertiary/aromatic N) is 4. The maximum absolute atomic E-state index is 12.5. The second-order valence-corrected chi connectivity index (χ2v) is 7.90. The Kier molecular flexibility index (Phi) is 4.54. The van der Waals surface area contributed by atoms with E-state index >= 15 is 0 Å². The minimum atomic E-state index is -0.0380. The molecular formula is C19H27N5O2. The van der Waals surface area contributed by atoms with Crippen LogP contribution in [0.25, 0.3) is 0 Å². The molecule has 2 saturated heterocycles. The third-order valence-electron chi connectivity index (χ3n) is 5.95. The molecule has 140 valence electrons. The van der Waals surface area contributed by atoms with Crippen molar-refractivity contribution >= 4 is 17.6 Å². The third-order valence-corrected chi connectivity index (χ3v) is 5.95. The zero-order valence-electron chi connectivity index (χ0n) is 15.6. The monoisotopic (exact) mass is 357 g/mol. The number of anilines is 1. The molecule has 0 unspecified atom stereocenters. The molecule has 7 nitrogen and oxygen atoms in total. The van der Waals surface area contributed by atoms with Crippen LogP contribution in [0.1, 0.15) is 37.1 Å². The summed E-state index contributed by atoms with van der Waals surface area (Å²) < 4.78 is 0. The fourth-order valence-corrected chi connectivity index (χ4v) is 4.15. The number of rotatable bonds is 5. The van der Waals surface area contributed by atoms with Gasteiger partial charge in [0.25, 0.3) is 0 Å². The average Bonchev–Trinajstić information content (AvgIpc) is 3.25. The largest absolute Gasteiger partial charge is 0.353 e. The molecule has 2 amide bonds. The maximum Gasteiger partial charge on any atom is 0.239 e. The molecule has 3 aliphatic rings. The van der Waals surface area contributed by atoms with E-state index in [1.54, 1.807) is 4.90 Å². The van der Waals surface area contributed by atoms with Gasteiger partial charge in [-0.1, -0.05) is 0 Å². The smallest absolute Gasteiger partial charge is 0.239 e. The Morgan fingerprint density at radius 1 is 1.27 bits per heavy atom. The molecule has 0 aromatic carbocycles. The summed E-state index contributed by atoms with van der Waals surface area (Å²) in [6, 6.07) is 0.121. The van der Waals surface area contributed by atoms with Gasteiger partial charge in [0.1, 0.15) is 5.82 Å². The van der Waals surface area contributed by atoms with Crippen molar-refractivity contribution in [3.63, 3.8) is 0 Å². The van der Waals surface area contributed by atoms with Crippen LogP contribution >= 0.6 is 0 Å². The summed E-state index contributed by atoms with van der Waals surface area (Å²) in [5, 5.41) is 3.20. The van der Waals surface area contributed by atoms with Crippen molar-refractivity contribution in [3.05, 3.63) is 17.6 Å². The van der Waals surface area contributed by atoms with Gasteiger partial charge in [-0.15, -0.1) is 0 Å². The minimum absolute atomic E-state index is 0.0380. The zero-order chi connectivity index (χ0) is 18.3. The van der Waals surface area contributed by atoms with Gasteiger partial charge in [0.05, 0.1) is 30.2 Å². The SMILES string of the molecule is Cc1ncc(N2C[C@H](NC(=O)CN3CCCC3=O)[C@@H](C3CC3)C2)nc1C. The molecule has 0 bridgehead atoms. The van der Waals surface area contributed by atoms with Crippen molar-refractivity contribution in [2.24, 2.45) is 11.8 Å². The average molecular weight is 357 g/mol. The lowest BCUT2D eigenvalue weighted by atomic mass is 9.98. The Labute approximate surface area is 154 Å². The number of aromatic nitrogens is 2. The van der Waals surface area contributed by atoms with E-state index in [1.807, 2.05) is 20.0 Å². The summed E-state index contributed by atoms with van der Waals surface area (Å²) in [4.78, 5) is 37.3. The van der Waals surface area contributed by atoms with Gasteiger partial charge in [0.15, 0.2) is 0 Å². The molecule has 26 heavy (non-hydrogen) atoms. The predicted octanol–water partition coefficient (Wildman–Crippen LogP) is 1.05. The quantitative estimate of drug-likeness (QED) is 0.852. The number of hydrogen-bond acceptors (Lipinski definition) is 5. The van der Waals surface area contributed by atoms with Crippen molar-refractivity contribution < 1.29 is 9.59 Å². The highest BCUT2D eigenvalue weighted by Gasteiger charge is 2.43. The molecule has 4 rings (SSSR count). The third kappa shape index (κ3) is 3.52. The Balaban J connectivity index is 1.42. The highest BCUT2D eigenvalue weighted by molar-refractivity contribution is 5.86. The lowest BCUT2D eigenvalue weighted by molar-refractivity contribution is -0.133. The van der Waals surface area contributed by atoms with E-state index in [0.29, 0.717) is 24.8 Å². The van der Waals surface area contributed by atoms with Crippen LogP contribution in [-0.2, 0) is 9.59 Å². The van der Waals surface area contributed by atoms with Crippen molar-refractivity contribution in [2.45, 2.75) is 45.6 Å². The van der Waals surface area contributed by atoms with E-state index in [-0.39, 0.29) is 24.4 Å². The molecule has 0 radical (unpaired) electrons. The van der Waals surface area contributed by atoms with Gasteiger partial charge in [-0.25, -0.2) is 4.98 Å². The number of amides is 2.